The van der Waals surface area contributed by atoms with Gasteiger partial charge in [-0.2, -0.15) is 0 Å². The van der Waals surface area contributed by atoms with Crippen molar-refractivity contribution in [3.63, 3.8) is 0 Å². The molecule has 0 bridgehead atoms. The minimum Gasteiger partial charge on any atom is -0.343 e. The lowest BCUT2D eigenvalue weighted by atomic mass is 9.95. The highest BCUT2D eigenvalue weighted by atomic mass is 16.2. The number of nitrogens with zero attached hydrogens (tertiary/aromatic N) is 1. The van der Waals surface area contributed by atoms with Crippen LogP contribution in [0.25, 0.3) is 0 Å². The molecular weight excluding hydrogens is 216 g/mol. The van der Waals surface area contributed by atoms with Crippen molar-refractivity contribution in [2.45, 2.75) is 53.1 Å². The Balaban J connectivity index is 2.82. The van der Waals surface area contributed by atoms with Crippen LogP contribution in [0.5, 0.6) is 0 Å². The summed E-state index contributed by atoms with van der Waals surface area (Å²) in [6.45, 7) is 10.8. The van der Waals surface area contributed by atoms with Crippen LogP contribution < -0.4 is 5.32 Å². The predicted octanol–water partition coefficient (Wildman–Crippen LogP) is 1.40. The molecule has 0 aromatic heterocycles. The lowest BCUT2D eigenvalue weighted by Crippen LogP contribution is -2.63. The molecule has 98 valence electrons. The molecule has 1 aliphatic heterocycles. The smallest absolute Gasteiger partial charge is 0.245 e. The summed E-state index contributed by atoms with van der Waals surface area (Å²) in [5.74, 6) is 0.950. The number of rotatable bonds is 4. The fourth-order valence-corrected chi connectivity index (χ4v) is 2.06. The zero-order chi connectivity index (χ0) is 13.2. The summed E-state index contributed by atoms with van der Waals surface area (Å²) < 4.78 is 0. The molecule has 1 N–H and O–H groups in total. The van der Waals surface area contributed by atoms with Crippen LogP contribution >= 0.6 is 0 Å². The van der Waals surface area contributed by atoms with Gasteiger partial charge in [-0.05, 0) is 25.2 Å². The van der Waals surface area contributed by atoms with Crippen molar-refractivity contribution in [2.75, 3.05) is 6.54 Å². The van der Waals surface area contributed by atoms with Gasteiger partial charge in [0.05, 0.1) is 0 Å². The minimum absolute atomic E-state index is 0.0180. The molecule has 3 atom stereocenters. The maximum Gasteiger partial charge on any atom is 0.245 e. The number of hydrogen-bond donors (Lipinski definition) is 1. The van der Waals surface area contributed by atoms with Crippen molar-refractivity contribution in [3.05, 3.63) is 0 Å². The van der Waals surface area contributed by atoms with Gasteiger partial charge >= 0.3 is 0 Å². The second-order valence-corrected chi connectivity index (χ2v) is 5.37. The molecule has 3 unspecified atom stereocenters. The van der Waals surface area contributed by atoms with E-state index in [-0.39, 0.29) is 23.9 Å². The first-order valence-electron chi connectivity index (χ1n) is 6.49. The highest BCUT2D eigenvalue weighted by Crippen LogP contribution is 2.18. The summed E-state index contributed by atoms with van der Waals surface area (Å²) in [5, 5.41) is 2.73. The molecule has 0 radical (unpaired) electrons. The molecule has 1 heterocycles. The largest absolute Gasteiger partial charge is 0.343 e. The van der Waals surface area contributed by atoms with Gasteiger partial charge in [0, 0.05) is 6.54 Å². The van der Waals surface area contributed by atoms with E-state index in [4.69, 9.17) is 0 Å². The Labute approximate surface area is 104 Å². The third-order valence-corrected chi connectivity index (χ3v) is 3.70. The number of hydrogen-bond acceptors (Lipinski definition) is 2. The average Bonchev–Trinajstić information content (AvgIpc) is 2.25. The zero-order valence-electron chi connectivity index (χ0n) is 11.5. The Bertz CT molecular complexity index is 302. The molecule has 4 nitrogen and oxygen atoms in total. The summed E-state index contributed by atoms with van der Waals surface area (Å²) in [6.07, 6.45) is 0.676. The summed E-state index contributed by atoms with van der Waals surface area (Å²) in [4.78, 5) is 25.7. The van der Waals surface area contributed by atoms with Gasteiger partial charge in [0.15, 0.2) is 0 Å². The Morgan fingerprint density at radius 3 is 2.35 bits per heavy atom. The van der Waals surface area contributed by atoms with E-state index in [2.05, 4.69) is 26.1 Å². The summed E-state index contributed by atoms with van der Waals surface area (Å²) >= 11 is 0. The van der Waals surface area contributed by atoms with Gasteiger partial charge < -0.3 is 10.2 Å². The van der Waals surface area contributed by atoms with Gasteiger partial charge in [0.2, 0.25) is 11.8 Å². The van der Waals surface area contributed by atoms with Gasteiger partial charge in [-0.1, -0.05) is 27.7 Å². The number of carbonyl (C=O) groups is 2. The fourth-order valence-electron chi connectivity index (χ4n) is 2.06. The van der Waals surface area contributed by atoms with Crippen LogP contribution in [0.1, 0.15) is 41.0 Å². The van der Waals surface area contributed by atoms with Crippen molar-refractivity contribution in [3.8, 4) is 0 Å². The van der Waals surface area contributed by atoms with Gasteiger partial charge in [-0.3, -0.25) is 9.59 Å². The van der Waals surface area contributed by atoms with Crippen LogP contribution in [0.2, 0.25) is 0 Å². The van der Waals surface area contributed by atoms with Crippen LogP contribution in [-0.4, -0.2) is 35.3 Å². The quantitative estimate of drug-likeness (QED) is 0.807. The number of amides is 2. The maximum absolute atomic E-state index is 12.1. The first-order chi connectivity index (χ1) is 7.88. The van der Waals surface area contributed by atoms with E-state index in [1.165, 1.54) is 0 Å². The van der Waals surface area contributed by atoms with Crippen LogP contribution in [0, 0.1) is 11.8 Å². The normalized spacial score (nSPS) is 27.3. The highest BCUT2D eigenvalue weighted by Gasteiger charge is 2.37. The second-order valence-electron chi connectivity index (χ2n) is 5.37. The molecule has 2 amide bonds. The predicted molar refractivity (Wildman–Crippen MR) is 67.4 cm³/mol. The van der Waals surface area contributed by atoms with Crippen molar-refractivity contribution in [1.29, 1.82) is 0 Å². The Kier molecular flexibility index (Phi) is 4.54. The fraction of sp³-hybridized carbons (Fsp3) is 0.846. The van der Waals surface area contributed by atoms with Gasteiger partial charge in [-0.25, -0.2) is 0 Å². The van der Waals surface area contributed by atoms with E-state index in [1.54, 1.807) is 11.8 Å². The van der Waals surface area contributed by atoms with E-state index in [0.717, 1.165) is 0 Å². The van der Waals surface area contributed by atoms with Crippen molar-refractivity contribution in [2.24, 2.45) is 11.8 Å². The molecule has 1 saturated heterocycles. The lowest BCUT2D eigenvalue weighted by Gasteiger charge is -2.39. The molecule has 1 fully saturated rings. The lowest BCUT2D eigenvalue weighted by molar-refractivity contribution is -0.149. The molecule has 1 aliphatic rings. The van der Waals surface area contributed by atoms with Crippen LogP contribution in [0.3, 0.4) is 0 Å². The monoisotopic (exact) mass is 240 g/mol. The molecule has 0 aromatic carbocycles. The summed E-state index contributed by atoms with van der Waals surface area (Å²) in [6, 6.07) is -0.676. The van der Waals surface area contributed by atoms with Crippen molar-refractivity contribution in [1.82, 2.24) is 10.2 Å². The summed E-state index contributed by atoms with van der Waals surface area (Å²) in [5.41, 5.74) is 0. The van der Waals surface area contributed by atoms with Gasteiger partial charge in [0.1, 0.15) is 12.1 Å². The van der Waals surface area contributed by atoms with E-state index < -0.39 is 0 Å². The highest BCUT2D eigenvalue weighted by molar-refractivity contribution is 5.96. The first-order valence-corrected chi connectivity index (χ1v) is 6.49. The Morgan fingerprint density at radius 2 is 1.88 bits per heavy atom. The molecule has 0 spiro atoms. The molecule has 4 heteroatoms. The van der Waals surface area contributed by atoms with Crippen molar-refractivity contribution >= 4 is 11.8 Å². The van der Waals surface area contributed by atoms with E-state index in [9.17, 15) is 9.59 Å². The zero-order valence-corrected chi connectivity index (χ0v) is 11.5. The molecule has 0 aliphatic carbocycles. The average molecular weight is 240 g/mol. The number of carbonyl (C=O) groups excluding carboxylic acids is 2. The second kappa shape index (κ2) is 5.52. The third-order valence-electron chi connectivity index (χ3n) is 3.70. The topological polar surface area (TPSA) is 49.4 Å². The molecule has 0 saturated carbocycles. The molecular formula is C13H24N2O2. The SMILES string of the molecule is CCC1C(=O)NC(C)C(=O)N1CC(C)C(C)C. The summed E-state index contributed by atoms with van der Waals surface area (Å²) in [7, 11) is 0. The molecule has 0 aromatic rings. The van der Waals surface area contributed by atoms with Crippen LogP contribution in [-0.2, 0) is 9.59 Å². The molecule has 1 rings (SSSR count). The molecule has 17 heavy (non-hydrogen) atoms. The maximum atomic E-state index is 12.1. The standard InChI is InChI=1S/C13H24N2O2/c1-6-11-12(16)14-10(5)13(17)15(11)7-9(4)8(2)3/h8-11H,6-7H2,1-5H3,(H,14,16). The number of nitrogens with one attached hydrogen (secondary N) is 1. The number of piperazine rings is 1. The Hall–Kier alpha value is -1.06. The minimum atomic E-state index is -0.385. The van der Waals surface area contributed by atoms with Gasteiger partial charge in [-0.15, -0.1) is 0 Å². The van der Waals surface area contributed by atoms with E-state index in [0.29, 0.717) is 24.8 Å². The Morgan fingerprint density at radius 1 is 1.29 bits per heavy atom. The van der Waals surface area contributed by atoms with Crippen LogP contribution in [0.15, 0.2) is 0 Å². The first kappa shape index (κ1) is 14.0. The van der Waals surface area contributed by atoms with E-state index >= 15 is 0 Å². The van der Waals surface area contributed by atoms with Gasteiger partial charge in [0.25, 0.3) is 0 Å². The van der Waals surface area contributed by atoms with Crippen LogP contribution in [0.4, 0.5) is 0 Å². The third kappa shape index (κ3) is 2.99. The van der Waals surface area contributed by atoms with Crippen molar-refractivity contribution < 1.29 is 9.59 Å². The van der Waals surface area contributed by atoms with E-state index in [1.807, 2.05) is 6.92 Å².